The molecule has 2 heterocycles. The molecule has 22 heavy (non-hydrogen) atoms. The van der Waals surface area contributed by atoms with Gasteiger partial charge in [-0.15, -0.1) is 0 Å². The van der Waals surface area contributed by atoms with E-state index in [-0.39, 0.29) is 17.4 Å². The number of sulfone groups is 1. The van der Waals surface area contributed by atoms with Crippen molar-refractivity contribution in [3.63, 3.8) is 0 Å². The van der Waals surface area contributed by atoms with Gasteiger partial charge < -0.3 is 5.32 Å². The van der Waals surface area contributed by atoms with Crippen molar-refractivity contribution < 1.29 is 13.2 Å². The van der Waals surface area contributed by atoms with Crippen molar-refractivity contribution in [2.45, 2.75) is 32.3 Å². The van der Waals surface area contributed by atoms with Crippen molar-refractivity contribution in [2.24, 2.45) is 0 Å². The van der Waals surface area contributed by atoms with E-state index in [1.54, 1.807) is 4.68 Å². The number of aryl methyl sites for hydroxylation is 2. The topological polar surface area (TPSA) is 81.1 Å². The van der Waals surface area contributed by atoms with Crippen molar-refractivity contribution in [3.8, 4) is 5.69 Å². The van der Waals surface area contributed by atoms with Crippen LogP contribution >= 0.6 is 0 Å². The number of anilines is 1. The van der Waals surface area contributed by atoms with Gasteiger partial charge in [0.1, 0.15) is 5.82 Å². The Morgan fingerprint density at radius 3 is 2.59 bits per heavy atom. The van der Waals surface area contributed by atoms with Crippen LogP contribution in [0.15, 0.2) is 18.2 Å². The summed E-state index contributed by atoms with van der Waals surface area (Å²) >= 11 is 0. The third kappa shape index (κ3) is 2.52. The molecule has 1 aromatic heterocycles. The summed E-state index contributed by atoms with van der Waals surface area (Å²) in [5.41, 5.74) is 4.18. The zero-order valence-corrected chi connectivity index (χ0v) is 13.5. The molecule has 7 heteroatoms. The van der Waals surface area contributed by atoms with Gasteiger partial charge in [0.15, 0.2) is 9.84 Å². The van der Waals surface area contributed by atoms with Crippen LogP contribution in [-0.4, -0.2) is 24.1 Å². The average molecular weight is 319 g/mol. The SMILES string of the molecule is CC(=O)Nc1c2c(nn1-c1ccc(C)c(C)c1)CS(=O)(=O)C2. The molecule has 1 aliphatic heterocycles. The van der Waals surface area contributed by atoms with Crippen LogP contribution in [0.1, 0.15) is 29.3 Å². The minimum absolute atomic E-state index is 0.0766. The van der Waals surface area contributed by atoms with Gasteiger partial charge in [-0.05, 0) is 37.1 Å². The molecule has 0 bridgehead atoms. The molecule has 0 radical (unpaired) electrons. The number of hydrogen-bond donors (Lipinski definition) is 1. The van der Waals surface area contributed by atoms with E-state index < -0.39 is 9.84 Å². The molecule has 0 spiro atoms. The summed E-state index contributed by atoms with van der Waals surface area (Å²) in [5, 5.41) is 7.12. The Morgan fingerprint density at radius 1 is 1.23 bits per heavy atom. The lowest BCUT2D eigenvalue weighted by Gasteiger charge is -2.11. The molecule has 2 aromatic rings. The minimum Gasteiger partial charge on any atom is -0.311 e. The Kier molecular flexibility index (Phi) is 3.32. The number of amides is 1. The first-order valence-electron chi connectivity index (χ1n) is 6.93. The molecule has 116 valence electrons. The fourth-order valence-corrected chi connectivity index (χ4v) is 4.08. The van der Waals surface area contributed by atoms with Gasteiger partial charge in [0.05, 0.1) is 22.9 Å². The van der Waals surface area contributed by atoms with E-state index in [1.807, 2.05) is 32.0 Å². The lowest BCUT2D eigenvalue weighted by atomic mass is 10.1. The lowest BCUT2D eigenvalue weighted by molar-refractivity contribution is -0.114. The molecule has 0 saturated heterocycles. The highest BCUT2D eigenvalue weighted by Gasteiger charge is 2.32. The minimum atomic E-state index is -3.16. The number of fused-ring (bicyclic) bond motifs is 1. The zero-order chi connectivity index (χ0) is 16.1. The molecule has 3 rings (SSSR count). The average Bonchev–Trinajstić information content (AvgIpc) is 2.86. The van der Waals surface area contributed by atoms with Gasteiger partial charge in [0.2, 0.25) is 5.91 Å². The monoisotopic (exact) mass is 319 g/mol. The number of aromatic nitrogens is 2. The number of hydrogen-bond acceptors (Lipinski definition) is 4. The zero-order valence-electron chi connectivity index (χ0n) is 12.7. The Bertz CT molecular complexity index is 882. The first-order valence-corrected chi connectivity index (χ1v) is 8.75. The fourth-order valence-electron chi connectivity index (χ4n) is 2.58. The van der Waals surface area contributed by atoms with Crippen LogP contribution < -0.4 is 5.32 Å². The maximum Gasteiger partial charge on any atom is 0.222 e. The Balaban J connectivity index is 2.16. The Morgan fingerprint density at radius 2 is 1.95 bits per heavy atom. The van der Waals surface area contributed by atoms with Gasteiger partial charge in [0.25, 0.3) is 0 Å². The van der Waals surface area contributed by atoms with Crippen molar-refractivity contribution in [3.05, 3.63) is 40.6 Å². The molecule has 1 amide bonds. The van der Waals surface area contributed by atoms with Crippen LogP contribution in [-0.2, 0) is 26.1 Å². The molecule has 6 nitrogen and oxygen atoms in total. The summed E-state index contributed by atoms with van der Waals surface area (Å²) in [6, 6.07) is 5.85. The maximum absolute atomic E-state index is 11.8. The summed E-state index contributed by atoms with van der Waals surface area (Å²) in [6.07, 6.45) is 0. The molecule has 0 aliphatic carbocycles. The first kappa shape index (κ1) is 14.8. The summed E-state index contributed by atoms with van der Waals surface area (Å²) in [7, 11) is -3.16. The second kappa shape index (κ2) is 4.95. The highest BCUT2D eigenvalue weighted by Crippen LogP contribution is 2.33. The van der Waals surface area contributed by atoms with E-state index >= 15 is 0 Å². The second-order valence-corrected chi connectivity index (χ2v) is 7.73. The Hall–Kier alpha value is -2.15. The van der Waals surface area contributed by atoms with Crippen LogP contribution in [0.4, 0.5) is 5.82 Å². The molecule has 0 fully saturated rings. The van der Waals surface area contributed by atoms with Crippen molar-refractivity contribution in [2.75, 3.05) is 5.32 Å². The first-order chi connectivity index (χ1) is 10.3. The third-order valence-corrected chi connectivity index (χ3v) is 5.26. The van der Waals surface area contributed by atoms with Gasteiger partial charge in [-0.25, -0.2) is 13.1 Å². The number of nitrogens with one attached hydrogen (secondary N) is 1. The van der Waals surface area contributed by atoms with E-state index in [0.717, 1.165) is 16.8 Å². The molecule has 1 N–H and O–H groups in total. The van der Waals surface area contributed by atoms with Gasteiger partial charge in [-0.1, -0.05) is 6.07 Å². The Labute approximate surface area is 129 Å². The predicted molar refractivity (Wildman–Crippen MR) is 83.7 cm³/mol. The smallest absolute Gasteiger partial charge is 0.222 e. The summed E-state index contributed by atoms with van der Waals surface area (Å²) in [6.45, 7) is 5.41. The van der Waals surface area contributed by atoms with E-state index in [0.29, 0.717) is 17.1 Å². The largest absolute Gasteiger partial charge is 0.311 e. The predicted octanol–water partition coefficient (Wildman–Crippen LogP) is 1.88. The van der Waals surface area contributed by atoms with Crippen LogP contribution in [0, 0.1) is 13.8 Å². The summed E-state index contributed by atoms with van der Waals surface area (Å²) in [5.74, 6) is 0.0409. The van der Waals surface area contributed by atoms with E-state index in [2.05, 4.69) is 10.4 Å². The van der Waals surface area contributed by atoms with Gasteiger partial charge in [-0.3, -0.25) is 4.79 Å². The quantitative estimate of drug-likeness (QED) is 0.916. The highest BCUT2D eigenvalue weighted by molar-refractivity contribution is 7.90. The van der Waals surface area contributed by atoms with Crippen LogP contribution in [0.3, 0.4) is 0 Å². The number of benzene rings is 1. The number of carbonyl (C=O) groups is 1. The van der Waals surface area contributed by atoms with Gasteiger partial charge in [0, 0.05) is 12.5 Å². The van der Waals surface area contributed by atoms with Crippen LogP contribution in [0.25, 0.3) is 5.69 Å². The summed E-state index contributed by atoms with van der Waals surface area (Å²) in [4.78, 5) is 11.5. The lowest BCUT2D eigenvalue weighted by Crippen LogP contribution is -2.13. The molecule has 0 atom stereocenters. The van der Waals surface area contributed by atoms with Crippen LogP contribution in [0.2, 0.25) is 0 Å². The molecule has 1 aromatic carbocycles. The summed E-state index contributed by atoms with van der Waals surface area (Å²) < 4.78 is 25.2. The highest BCUT2D eigenvalue weighted by atomic mass is 32.2. The number of rotatable bonds is 2. The second-order valence-electron chi connectivity index (χ2n) is 5.67. The standard InChI is InChI=1S/C15H17N3O3S/c1-9-4-5-12(6-10(9)2)18-15(16-11(3)19)13-7-22(20,21)8-14(13)17-18/h4-6H,7-8H2,1-3H3,(H,16,19). The van der Waals surface area contributed by atoms with Crippen molar-refractivity contribution in [1.82, 2.24) is 9.78 Å². The normalized spacial score (nSPS) is 15.6. The van der Waals surface area contributed by atoms with Gasteiger partial charge >= 0.3 is 0 Å². The van der Waals surface area contributed by atoms with Crippen molar-refractivity contribution >= 4 is 21.6 Å². The molecular formula is C15H17N3O3S. The fraction of sp³-hybridized carbons (Fsp3) is 0.333. The van der Waals surface area contributed by atoms with E-state index in [4.69, 9.17) is 0 Å². The van der Waals surface area contributed by atoms with E-state index in [9.17, 15) is 13.2 Å². The number of carbonyl (C=O) groups excluding carboxylic acids is 1. The van der Waals surface area contributed by atoms with Crippen LogP contribution in [0.5, 0.6) is 0 Å². The van der Waals surface area contributed by atoms with E-state index in [1.165, 1.54) is 6.92 Å². The van der Waals surface area contributed by atoms with Crippen molar-refractivity contribution in [1.29, 1.82) is 0 Å². The molecular weight excluding hydrogens is 302 g/mol. The molecule has 0 unspecified atom stereocenters. The molecule has 1 aliphatic rings. The third-order valence-electron chi connectivity index (χ3n) is 3.82. The number of nitrogens with zero attached hydrogens (tertiary/aromatic N) is 2. The van der Waals surface area contributed by atoms with Gasteiger partial charge in [-0.2, -0.15) is 5.10 Å². The molecule has 0 saturated carbocycles. The maximum atomic E-state index is 11.8.